The fraction of sp³-hybridized carbons (Fsp3) is 0.227. The molecule has 0 spiro atoms. The third-order valence-electron chi connectivity index (χ3n) is 5.44. The number of nitrogens with zero attached hydrogens (tertiary/aromatic N) is 4. The molecule has 3 aromatic heterocycles. The van der Waals surface area contributed by atoms with Crippen LogP contribution in [0.5, 0.6) is 0 Å². The molecule has 34 heavy (non-hydrogen) atoms. The summed E-state index contributed by atoms with van der Waals surface area (Å²) in [5.74, 6) is -2.96. The van der Waals surface area contributed by atoms with E-state index in [9.17, 15) is 19.1 Å². The molecule has 1 unspecified atom stereocenters. The highest BCUT2D eigenvalue weighted by Crippen LogP contribution is 2.29. The highest BCUT2D eigenvalue weighted by atomic mass is 19.1. The molecule has 1 fully saturated rings. The average Bonchev–Trinajstić information content (AvgIpc) is 2.80. The number of nitrogen functional groups attached to an aromatic ring is 2. The number of hydrogen-bond donors (Lipinski definition) is 5. The molecule has 11 nitrogen and oxygen atoms in total. The zero-order chi connectivity index (χ0) is 24.4. The number of pyridine rings is 3. The number of carbonyl (C=O) groups excluding carboxylic acids is 1. The maximum absolute atomic E-state index is 14.5. The molecule has 1 aliphatic heterocycles. The first-order valence-electron chi connectivity index (χ1n) is 10.5. The van der Waals surface area contributed by atoms with Gasteiger partial charge in [0.2, 0.25) is 0 Å². The number of piperidine rings is 1. The minimum Gasteiger partial charge on any atom is -0.476 e. The normalized spacial score (nSPS) is 15.7. The van der Waals surface area contributed by atoms with E-state index in [-0.39, 0.29) is 34.5 Å². The van der Waals surface area contributed by atoms with Crippen molar-refractivity contribution >= 4 is 34.6 Å². The Labute approximate surface area is 193 Å². The summed E-state index contributed by atoms with van der Waals surface area (Å²) >= 11 is 0. The first-order chi connectivity index (χ1) is 16.2. The number of nitrogens with two attached hydrogens (primary N) is 3. The summed E-state index contributed by atoms with van der Waals surface area (Å²) in [7, 11) is 0. The van der Waals surface area contributed by atoms with Crippen molar-refractivity contribution < 1.29 is 19.1 Å². The third-order valence-corrected chi connectivity index (χ3v) is 5.44. The molecular weight excluding hydrogens is 443 g/mol. The van der Waals surface area contributed by atoms with Crippen LogP contribution in [0.3, 0.4) is 0 Å². The number of carboxylic acids is 1. The molecule has 0 radical (unpaired) electrons. The van der Waals surface area contributed by atoms with E-state index in [1.165, 1.54) is 18.3 Å². The second kappa shape index (κ2) is 9.27. The van der Waals surface area contributed by atoms with Crippen molar-refractivity contribution in [2.75, 3.05) is 34.8 Å². The minimum atomic E-state index is -1.42. The van der Waals surface area contributed by atoms with Crippen molar-refractivity contribution in [1.29, 1.82) is 0 Å². The van der Waals surface area contributed by atoms with Crippen LogP contribution in [0.1, 0.15) is 33.8 Å². The van der Waals surface area contributed by atoms with Crippen LogP contribution in [0, 0.1) is 5.82 Å². The molecule has 4 rings (SSSR count). The molecule has 3 aromatic rings. The highest BCUT2D eigenvalue weighted by Gasteiger charge is 2.23. The summed E-state index contributed by atoms with van der Waals surface area (Å²) < 4.78 is 14.5. The third kappa shape index (κ3) is 4.57. The van der Waals surface area contributed by atoms with Gasteiger partial charge in [-0.15, -0.1) is 0 Å². The summed E-state index contributed by atoms with van der Waals surface area (Å²) in [5.41, 5.74) is 17.4. The zero-order valence-electron chi connectivity index (χ0n) is 18.0. The Morgan fingerprint density at radius 1 is 1.15 bits per heavy atom. The van der Waals surface area contributed by atoms with Crippen LogP contribution < -0.4 is 27.4 Å². The summed E-state index contributed by atoms with van der Waals surface area (Å²) in [6, 6.07) is 5.35. The van der Waals surface area contributed by atoms with Crippen LogP contribution in [0.15, 0.2) is 36.7 Å². The smallest absolute Gasteiger partial charge is 0.356 e. The van der Waals surface area contributed by atoms with E-state index in [0.717, 1.165) is 31.1 Å². The Balaban J connectivity index is 1.66. The van der Waals surface area contributed by atoms with Gasteiger partial charge in [-0.05, 0) is 31.0 Å². The standard InChI is InChI=1S/C22H23FN8O3/c23-12-8-14(26)20(22(33)34)30-18(12)15-4-3-13(25)19(28-15)21(32)29-16-9-27-6-5-17(16)31-7-1-2-11(24)10-31/h3-6,8-9,11H,1-2,7,10,24-26H2,(H,29,32)(H,33,34). The van der Waals surface area contributed by atoms with Gasteiger partial charge in [-0.1, -0.05) is 0 Å². The molecule has 1 aliphatic rings. The van der Waals surface area contributed by atoms with Crippen LogP contribution >= 0.6 is 0 Å². The number of anilines is 4. The lowest BCUT2D eigenvalue weighted by atomic mass is 10.1. The summed E-state index contributed by atoms with van der Waals surface area (Å²) in [6.45, 7) is 1.42. The quantitative estimate of drug-likeness (QED) is 0.370. The number of hydrogen-bond acceptors (Lipinski definition) is 9. The number of amides is 1. The van der Waals surface area contributed by atoms with E-state index in [0.29, 0.717) is 12.2 Å². The van der Waals surface area contributed by atoms with Gasteiger partial charge < -0.3 is 32.5 Å². The van der Waals surface area contributed by atoms with Gasteiger partial charge in [-0.3, -0.25) is 9.78 Å². The van der Waals surface area contributed by atoms with E-state index in [4.69, 9.17) is 17.2 Å². The number of halogens is 1. The second-order valence-electron chi connectivity index (χ2n) is 7.89. The van der Waals surface area contributed by atoms with Crippen molar-refractivity contribution in [2.45, 2.75) is 18.9 Å². The molecule has 0 aliphatic carbocycles. The molecule has 4 heterocycles. The minimum absolute atomic E-state index is 0.0254. The summed E-state index contributed by atoms with van der Waals surface area (Å²) in [4.78, 5) is 38.5. The fourth-order valence-electron chi connectivity index (χ4n) is 3.81. The Kier molecular flexibility index (Phi) is 6.23. The number of aromatic nitrogens is 3. The second-order valence-corrected chi connectivity index (χ2v) is 7.89. The molecule has 1 atom stereocenters. The number of nitrogens with one attached hydrogen (secondary N) is 1. The van der Waals surface area contributed by atoms with Crippen LogP contribution in [0.25, 0.3) is 11.4 Å². The van der Waals surface area contributed by atoms with Crippen LogP contribution in [-0.4, -0.2) is 51.1 Å². The summed E-state index contributed by atoms with van der Waals surface area (Å²) in [6.07, 6.45) is 4.98. The Morgan fingerprint density at radius 2 is 1.94 bits per heavy atom. The molecule has 8 N–H and O–H groups in total. The molecule has 1 saturated heterocycles. The highest BCUT2D eigenvalue weighted by molar-refractivity contribution is 6.08. The van der Waals surface area contributed by atoms with Crippen molar-refractivity contribution in [1.82, 2.24) is 15.0 Å². The van der Waals surface area contributed by atoms with E-state index in [1.54, 1.807) is 12.3 Å². The summed E-state index contributed by atoms with van der Waals surface area (Å²) in [5, 5.41) is 12.0. The topological polar surface area (TPSA) is 186 Å². The zero-order valence-corrected chi connectivity index (χ0v) is 18.0. The fourth-order valence-corrected chi connectivity index (χ4v) is 3.81. The SMILES string of the molecule is Nc1cc(F)c(-c2ccc(N)c(C(=O)Nc3cnccc3N3CCCC(N)C3)n2)nc1C(=O)O. The lowest BCUT2D eigenvalue weighted by Crippen LogP contribution is -2.43. The molecule has 176 valence electrons. The number of carboxylic acid groups (broad SMARTS) is 1. The number of aromatic carboxylic acids is 1. The predicted molar refractivity (Wildman–Crippen MR) is 125 cm³/mol. The van der Waals surface area contributed by atoms with Crippen LogP contribution in [0.4, 0.5) is 27.1 Å². The Hall–Kier alpha value is -4.32. The van der Waals surface area contributed by atoms with Gasteiger partial charge >= 0.3 is 5.97 Å². The number of rotatable bonds is 5. The first kappa shape index (κ1) is 22.9. The van der Waals surface area contributed by atoms with Crippen molar-refractivity contribution in [3.63, 3.8) is 0 Å². The molecular formula is C22H23FN8O3. The van der Waals surface area contributed by atoms with Crippen LogP contribution in [0.2, 0.25) is 0 Å². The Morgan fingerprint density at radius 3 is 2.68 bits per heavy atom. The average molecular weight is 466 g/mol. The van der Waals surface area contributed by atoms with Gasteiger partial charge in [0.15, 0.2) is 17.2 Å². The lowest BCUT2D eigenvalue weighted by molar-refractivity contribution is 0.0691. The lowest BCUT2D eigenvalue weighted by Gasteiger charge is -2.33. The van der Waals surface area contributed by atoms with Gasteiger partial charge in [0, 0.05) is 31.4 Å². The maximum Gasteiger partial charge on any atom is 0.356 e. The van der Waals surface area contributed by atoms with E-state index < -0.39 is 23.4 Å². The molecule has 12 heteroatoms. The molecule has 0 aromatic carbocycles. The molecule has 0 saturated carbocycles. The first-order valence-corrected chi connectivity index (χ1v) is 10.5. The van der Waals surface area contributed by atoms with E-state index in [2.05, 4.69) is 25.2 Å². The molecule has 0 bridgehead atoms. The van der Waals surface area contributed by atoms with Crippen molar-refractivity contribution in [3.8, 4) is 11.4 Å². The largest absolute Gasteiger partial charge is 0.476 e. The van der Waals surface area contributed by atoms with Gasteiger partial charge in [-0.25, -0.2) is 19.2 Å². The molecule has 1 amide bonds. The van der Waals surface area contributed by atoms with Crippen molar-refractivity contribution in [2.24, 2.45) is 5.73 Å². The van der Waals surface area contributed by atoms with Gasteiger partial charge in [-0.2, -0.15) is 0 Å². The Bertz CT molecular complexity index is 1270. The van der Waals surface area contributed by atoms with E-state index in [1.807, 2.05) is 0 Å². The maximum atomic E-state index is 14.5. The van der Waals surface area contributed by atoms with Gasteiger partial charge in [0.25, 0.3) is 5.91 Å². The van der Waals surface area contributed by atoms with Crippen LogP contribution in [-0.2, 0) is 0 Å². The predicted octanol–water partition coefficient (Wildman–Crippen LogP) is 1.72. The number of carbonyl (C=O) groups is 2. The monoisotopic (exact) mass is 466 g/mol. The van der Waals surface area contributed by atoms with Gasteiger partial charge in [0.05, 0.1) is 34.6 Å². The van der Waals surface area contributed by atoms with Gasteiger partial charge in [0.1, 0.15) is 5.69 Å². The van der Waals surface area contributed by atoms with E-state index >= 15 is 0 Å². The van der Waals surface area contributed by atoms with Crippen molar-refractivity contribution in [3.05, 3.63) is 53.9 Å².